The van der Waals surface area contributed by atoms with E-state index in [1.54, 1.807) is 12.1 Å². The monoisotopic (exact) mass is 255 g/mol. The van der Waals surface area contributed by atoms with Gasteiger partial charge in [-0.2, -0.15) is 0 Å². The van der Waals surface area contributed by atoms with Crippen LogP contribution in [0.25, 0.3) is 0 Å². The van der Waals surface area contributed by atoms with Gasteiger partial charge in [-0.25, -0.2) is 0 Å². The van der Waals surface area contributed by atoms with Crippen molar-refractivity contribution in [1.82, 2.24) is 0 Å². The van der Waals surface area contributed by atoms with E-state index < -0.39 is 0 Å². The van der Waals surface area contributed by atoms with Gasteiger partial charge in [-0.05, 0) is 36.1 Å². The first kappa shape index (κ1) is 9.99. The highest BCUT2D eigenvalue weighted by atomic mass is 79.9. The molecule has 14 heavy (non-hydrogen) atoms. The Morgan fingerprint density at radius 3 is 2.86 bits per heavy atom. The highest BCUT2D eigenvalue weighted by Crippen LogP contribution is 2.38. The predicted molar refractivity (Wildman–Crippen MR) is 60.1 cm³/mol. The molecule has 1 aliphatic carbocycles. The zero-order chi connectivity index (χ0) is 10.1. The fourth-order valence-corrected chi connectivity index (χ4v) is 2.20. The lowest BCUT2D eigenvalue weighted by Gasteiger charge is -2.13. The summed E-state index contributed by atoms with van der Waals surface area (Å²) in [5.41, 5.74) is 7.08. The SMILES string of the molecule is NC(CC1CC1)c1cc(O)ccc1Br. The van der Waals surface area contributed by atoms with Gasteiger partial charge in [-0.1, -0.05) is 28.8 Å². The van der Waals surface area contributed by atoms with Crippen molar-refractivity contribution in [3.05, 3.63) is 28.2 Å². The van der Waals surface area contributed by atoms with E-state index in [1.807, 2.05) is 6.07 Å². The first-order chi connectivity index (χ1) is 6.66. The molecule has 0 bridgehead atoms. The Balaban J connectivity index is 2.15. The van der Waals surface area contributed by atoms with E-state index in [2.05, 4.69) is 15.9 Å². The summed E-state index contributed by atoms with van der Waals surface area (Å²) in [5, 5.41) is 9.36. The van der Waals surface area contributed by atoms with Crippen LogP contribution in [0.4, 0.5) is 0 Å². The number of rotatable bonds is 3. The van der Waals surface area contributed by atoms with E-state index >= 15 is 0 Å². The molecule has 76 valence electrons. The van der Waals surface area contributed by atoms with Crippen LogP contribution in [0.15, 0.2) is 22.7 Å². The van der Waals surface area contributed by atoms with Crippen LogP contribution in [0.1, 0.15) is 30.9 Å². The second-order valence-corrected chi connectivity index (χ2v) is 4.85. The molecule has 1 aromatic carbocycles. The van der Waals surface area contributed by atoms with Crippen molar-refractivity contribution >= 4 is 15.9 Å². The number of hydrogen-bond donors (Lipinski definition) is 2. The maximum Gasteiger partial charge on any atom is 0.115 e. The molecule has 1 atom stereocenters. The Bertz CT molecular complexity index is 336. The van der Waals surface area contributed by atoms with Gasteiger partial charge in [-0.3, -0.25) is 0 Å². The third-order valence-electron chi connectivity index (χ3n) is 2.66. The number of nitrogens with two attached hydrogens (primary N) is 1. The van der Waals surface area contributed by atoms with Gasteiger partial charge in [-0.15, -0.1) is 0 Å². The summed E-state index contributed by atoms with van der Waals surface area (Å²) in [6.45, 7) is 0. The van der Waals surface area contributed by atoms with Gasteiger partial charge >= 0.3 is 0 Å². The second kappa shape index (κ2) is 3.91. The third-order valence-corrected chi connectivity index (χ3v) is 3.39. The molecule has 2 nitrogen and oxygen atoms in total. The van der Waals surface area contributed by atoms with Crippen molar-refractivity contribution < 1.29 is 5.11 Å². The molecule has 3 heteroatoms. The van der Waals surface area contributed by atoms with Gasteiger partial charge in [0.05, 0.1) is 0 Å². The highest BCUT2D eigenvalue weighted by Gasteiger charge is 2.25. The fraction of sp³-hybridized carbons (Fsp3) is 0.455. The number of aromatic hydroxyl groups is 1. The molecule has 1 saturated carbocycles. The van der Waals surface area contributed by atoms with Crippen LogP contribution >= 0.6 is 15.9 Å². The van der Waals surface area contributed by atoms with E-state index in [1.165, 1.54) is 12.8 Å². The fourth-order valence-electron chi connectivity index (χ4n) is 1.65. The van der Waals surface area contributed by atoms with E-state index in [0.29, 0.717) is 0 Å². The Morgan fingerprint density at radius 1 is 1.50 bits per heavy atom. The molecule has 1 unspecified atom stereocenters. The Hall–Kier alpha value is -0.540. The Kier molecular flexibility index (Phi) is 2.79. The van der Waals surface area contributed by atoms with Crippen molar-refractivity contribution in [2.24, 2.45) is 11.7 Å². The van der Waals surface area contributed by atoms with Crippen molar-refractivity contribution in [3.8, 4) is 5.75 Å². The maximum absolute atomic E-state index is 9.36. The number of benzene rings is 1. The smallest absolute Gasteiger partial charge is 0.115 e. The molecule has 0 saturated heterocycles. The standard InChI is InChI=1S/C11H14BrNO/c12-10-4-3-8(14)6-9(10)11(13)5-7-1-2-7/h3-4,6-7,11,14H,1-2,5,13H2. The van der Waals surface area contributed by atoms with Crippen molar-refractivity contribution in [2.75, 3.05) is 0 Å². The van der Waals surface area contributed by atoms with Gasteiger partial charge in [0.2, 0.25) is 0 Å². The average molecular weight is 256 g/mol. The van der Waals surface area contributed by atoms with Crippen LogP contribution < -0.4 is 5.73 Å². The van der Waals surface area contributed by atoms with E-state index in [-0.39, 0.29) is 11.8 Å². The predicted octanol–water partition coefficient (Wildman–Crippen LogP) is 2.95. The average Bonchev–Trinajstić information content (AvgIpc) is 2.93. The molecule has 0 radical (unpaired) electrons. The minimum Gasteiger partial charge on any atom is -0.508 e. The zero-order valence-electron chi connectivity index (χ0n) is 7.91. The largest absolute Gasteiger partial charge is 0.508 e. The quantitative estimate of drug-likeness (QED) is 0.873. The van der Waals surface area contributed by atoms with Gasteiger partial charge in [0.1, 0.15) is 5.75 Å². The normalized spacial score (nSPS) is 18.1. The number of halogens is 1. The minimum atomic E-state index is 0.0453. The van der Waals surface area contributed by atoms with Gasteiger partial charge < -0.3 is 10.8 Å². The lowest BCUT2D eigenvalue weighted by atomic mass is 10.0. The second-order valence-electron chi connectivity index (χ2n) is 3.99. The Labute approximate surface area is 92.3 Å². The maximum atomic E-state index is 9.36. The Morgan fingerprint density at radius 2 is 2.21 bits per heavy atom. The minimum absolute atomic E-state index is 0.0453. The summed E-state index contributed by atoms with van der Waals surface area (Å²) in [4.78, 5) is 0. The molecular formula is C11H14BrNO. The molecule has 1 fully saturated rings. The van der Waals surface area contributed by atoms with Crippen molar-refractivity contribution in [2.45, 2.75) is 25.3 Å². The number of hydrogen-bond acceptors (Lipinski definition) is 2. The summed E-state index contributed by atoms with van der Waals surface area (Å²) < 4.78 is 0.989. The molecule has 2 rings (SSSR count). The van der Waals surface area contributed by atoms with Crippen LogP contribution in [0.5, 0.6) is 5.75 Å². The number of phenolic OH excluding ortho intramolecular Hbond substituents is 1. The molecule has 3 N–H and O–H groups in total. The van der Waals surface area contributed by atoms with Crippen molar-refractivity contribution in [1.29, 1.82) is 0 Å². The van der Waals surface area contributed by atoms with E-state index in [9.17, 15) is 5.11 Å². The summed E-state index contributed by atoms with van der Waals surface area (Å²) in [5.74, 6) is 1.09. The van der Waals surface area contributed by atoms with Crippen LogP contribution in [0, 0.1) is 5.92 Å². The topological polar surface area (TPSA) is 46.2 Å². The molecule has 1 aliphatic rings. The third kappa shape index (κ3) is 2.28. The van der Waals surface area contributed by atoms with Crippen LogP contribution in [-0.4, -0.2) is 5.11 Å². The summed E-state index contributed by atoms with van der Waals surface area (Å²) in [6, 6.07) is 5.30. The summed E-state index contributed by atoms with van der Waals surface area (Å²) >= 11 is 3.45. The van der Waals surface area contributed by atoms with Gasteiger partial charge in [0.25, 0.3) is 0 Å². The lowest BCUT2D eigenvalue weighted by Crippen LogP contribution is -2.11. The van der Waals surface area contributed by atoms with Crippen LogP contribution in [-0.2, 0) is 0 Å². The zero-order valence-corrected chi connectivity index (χ0v) is 9.50. The molecular weight excluding hydrogens is 242 g/mol. The molecule has 0 heterocycles. The summed E-state index contributed by atoms with van der Waals surface area (Å²) in [7, 11) is 0. The first-order valence-electron chi connectivity index (χ1n) is 4.91. The van der Waals surface area contributed by atoms with E-state index in [4.69, 9.17) is 5.73 Å². The molecule has 0 aliphatic heterocycles. The lowest BCUT2D eigenvalue weighted by molar-refractivity contribution is 0.472. The van der Waals surface area contributed by atoms with E-state index in [0.717, 1.165) is 22.4 Å². The van der Waals surface area contributed by atoms with Crippen LogP contribution in [0.3, 0.4) is 0 Å². The molecule has 0 spiro atoms. The first-order valence-corrected chi connectivity index (χ1v) is 5.70. The van der Waals surface area contributed by atoms with Gasteiger partial charge in [0.15, 0.2) is 0 Å². The molecule has 0 amide bonds. The molecule has 1 aromatic rings. The van der Waals surface area contributed by atoms with Crippen LogP contribution in [0.2, 0.25) is 0 Å². The summed E-state index contributed by atoms with van der Waals surface area (Å²) in [6.07, 6.45) is 3.65. The number of phenols is 1. The van der Waals surface area contributed by atoms with Gasteiger partial charge in [0, 0.05) is 10.5 Å². The van der Waals surface area contributed by atoms with Crippen molar-refractivity contribution in [3.63, 3.8) is 0 Å². The highest BCUT2D eigenvalue weighted by molar-refractivity contribution is 9.10. The molecule has 0 aromatic heterocycles.